The standard InChI is InChI=1S/C15H30OSi/c1-9-12-10-13(15(12,5)6)11-16-17(7,8)14(2,3)4/h9,13H,10-11H2,1-8H3. The summed E-state index contributed by atoms with van der Waals surface area (Å²) < 4.78 is 6.34. The average molecular weight is 254 g/mol. The average Bonchev–Trinajstić information content (AvgIpc) is 2.14. The van der Waals surface area contributed by atoms with Gasteiger partial charge in [-0.15, -0.1) is 0 Å². The van der Waals surface area contributed by atoms with Crippen molar-refractivity contribution in [1.82, 2.24) is 0 Å². The van der Waals surface area contributed by atoms with Crippen molar-refractivity contribution in [3.63, 3.8) is 0 Å². The molecule has 1 aliphatic rings. The van der Waals surface area contributed by atoms with Crippen LogP contribution in [0.2, 0.25) is 18.1 Å². The van der Waals surface area contributed by atoms with Gasteiger partial charge in [0.1, 0.15) is 0 Å². The first-order valence-electron chi connectivity index (χ1n) is 6.82. The fraction of sp³-hybridized carbons (Fsp3) is 0.867. The molecule has 2 heteroatoms. The molecule has 0 amide bonds. The molecular formula is C15H30OSi. The summed E-state index contributed by atoms with van der Waals surface area (Å²) in [6, 6.07) is 0. The van der Waals surface area contributed by atoms with Gasteiger partial charge in [-0.25, -0.2) is 0 Å². The summed E-state index contributed by atoms with van der Waals surface area (Å²) >= 11 is 0. The van der Waals surface area contributed by atoms with E-state index < -0.39 is 8.32 Å². The van der Waals surface area contributed by atoms with Crippen molar-refractivity contribution in [2.45, 2.75) is 66.1 Å². The van der Waals surface area contributed by atoms with E-state index in [9.17, 15) is 0 Å². The van der Waals surface area contributed by atoms with E-state index in [2.05, 4.69) is 60.7 Å². The Kier molecular flexibility index (Phi) is 4.00. The highest BCUT2D eigenvalue weighted by Gasteiger charge is 2.45. The van der Waals surface area contributed by atoms with Gasteiger partial charge in [-0.2, -0.15) is 0 Å². The molecule has 100 valence electrons. The Morgan fingerprint density at radius 1 is 1.35 bits per heavy atom. The molecule has 0 N–H and O–H groups in total. The molecule has 0 aromatic carbocycles. The lowest BCUT2D eigenvalue weighted by molar-refractivity contribution is 0.0894. The molecular weight excluding hydrogens is 224 g/mol. The molecule has 0 radical (unpaired) electrons. The van der Waals surface area contributed by atoms with Crippen LogP contribution in [-0.4, -0.2) is 14.9 Å². The van der Waals surface area contributed by atoms with Gasteiger partial charge in [0.2, 0.25) is 0 Å². The van der Waals surface area contributed by atoms with Gasteiger partial charge in [0, 0.05) is 6.61 Å². The molecule has 17 heavy (non-hydrogen) atoms. The van der Waals surface area contributed by atoms with Gasteiger partial charge >= 0.3 is 0 Å². The Balaban J connectivity index is 2.55. The summed E-state index contributed by atoms with van der Waals surface area (Å²) in [5.74, 6) is 0.711. The maximum atomic E-state index is 6.34. The summed E-state index contributed by atoms with van der Waals surface area (Å²) in [6.45, 7) is 19.4. The Hall–Kier alpha value is -0.0831. The second-order valence-electron chi connectivity index (χ2n) is 7.51. The molecule has 0 aliphatic heterocycles. The zero-order valence-electron chi connectivity index (χ0n) is 13.0. The summed E-state index contributed by atoms with van der Waals surface area (Å²) in [5.41, 5.74) is 1.96. The summed E-state index contributed by atoms with van der Waals surface area (Å²) in [7, 11) is -1.56. The Labute approximate surface area is 109 Å². The topological polar surface area (TPSA) is 9.23 Å². The van der Waals surface area contributed by atoms with E-state index in [1.807, 2.05) is 0 Å². The highest BCUT2D eigenvalue weighted by atomic mass is 28.4. The first kappa shape index (κ1) is 15.0. The maximum Gasteiger partial charge on any atom is 0.191 e. The highest BCUT2D eigenvalue weighted by molar-refractivity contribution is 6.74. The maximum absolute atomic E-state index is 6.34. The zero-order chi connectivity index (χ0) is 13.5. The third-order valence-electron chi connectivity index (χ3n) is 5.11. The van der Waals surface area contributed by atoms with Gasteiger partial charge in [0.15, 0.2) is 8.32 Å². The van der Waals surface area contributed by atoms with Crippen molar-refractivity contribution in [3.05, 3.63) is 11.6 Å². The lowest BCUT2D eigenvalue weighted by Crippen LogP contribution is -2.46. The van der Waals surface area contributed by atoms with Crippen LogP contribution in [0.3, 0.4) is 0 Å². The van der Waals surface area contributed by atoms with Gasteiger partial charge in [-0.1, -0.05) is 46.3 Å². The molecule has 0 heterocycles. The SMILES string of the molecule is CC=C1CC(CO[Si](C)(C)C(C)(C)C)C1(C)C. The van der Waals surface area contributed by atoms with E-state index in [1.54, 1.807) is 5.57 Å². The van der Waals surface area contributed by atoms with Crippen molar-refractivity contribution < 1.29 is 4.43 Å². The molecule has 1 atom stereocenters. The molecule has 0 aromatic rings. The molecule has 0 aromatic heterocycles. The van der Waals surface area contributed by atoms with E-state index >= 15 is 0 Å². The Morgan fingerprint density at radius 3 is 2.24 bits per heavy atom. The van der Waals surface area contributed by atoms with Crippen LogP contribution in [0.5, 0.6) is 0 Å². The Morgan fingerprint density at radius 2 is 1.88 bits per heavy atom. The van der Waals surface area contributed by atoms with Gasteiger partial charge in [0.05, 0.1) is 0 Å². The molecule has 0 spiro atoms. The summed E-state index contributed by atoms with van der Waals surface area (Å²) in [5, 5.41) is 0.324. The van der Waals surface area contributed by atoms with Gasteiger partial charge in [-0.05, 0) is 42.8 Å². The second-order valence-corrected chi connectivity index (χ2v) is 12.3. The van der Waals surface area contributed by atoms with Crippen molar-refractivity contribution >= 4 is 8.32 Å². The number of allylic oxidation sites excluding steroid dienone is 2. The van der Waals surface area contributed by atoms with Crippen LogP contribution in [0.4, 0.5) is 0 Å². The molecule has 0 saturated heterocycles. The minimum atomic E-state index is -1.56. The van der Waals surface area contributed by atoms with Gasteiger partial charge in [0.25, 0.3) is 0 Å². The molecule has 1 nitrogen and oxygen atoms in total. The molecule has 1 aliphatic carbocycles. The quantitative estimate of drug-likeness (QED) is 0.508. The molecule has 1 unspecified atom stereocenters. The minimum absolute atomic E-state index is 0.324. The lowest BCUT2D eigenvalue weighted by Gasteiger charge is -2.49. The lowest BCUT2D eigenvalue weighted by atomic mass is 9.59. The predicted octanol–water partition coefficient (Wildman–Crippen LogP) is 5.00. The number of hydrogen-bond acceptors (Lipinski definition) is 1. The fourth-order valence-corrected chi connectivity index (χ4v) is 3.25. The third kappa shape index (κ3) is 2.85. The molecule has 1 saturated carbocycles. The normalized spacial score (nSPS) is 27.1. The van der Waals surface area contributed by atoms with E-state index in [0.717, 1.165) is 6.61 Å². The second kappa shape index (κ2) is 4.54. The van der Waals surface area contributed by atoms with Crippen LogP contribution >= 0.6 is 0 Å². The molecule has 0 bridgehead atoms. The van der Waals surface area contributed by atoms with E-state index in [1.165, 1.54) is 6.42 Å². The number of hydrogen-bond donors (Lipinski definition) is 0. The zero-order valence-corrected chi connectivity index (χ0v) is 14.0. The van der Waals surface area contributed by atoms with Crippen LogP contribution in [0, 0.1) is 11.3 Å². The monoisotopic (exact) mass is 254 g/mol. The summed E-state index contributed by atoms with van der Waals surface area (Å²) in [4.78, 5) is 0. The van der Waals surface area contributed by atoms with Crippen molar-refractivity contribution in [2.24, 2.45) is 11.3 Å². The van der Waals surface area contributed by atoms with Crippen LogP contribution in [0.25, 0.3) is 0 Å². The van der Waals surface area contributed by atoms with Crippen molar-refractivity contribution in [2.75, 3.05) is 6.61 Å². The van der Waals surface area contributed by atoms with Crippen LogP contribution in [-0.2, 0) is 4.43 Å². The molecule has 1 fully saturated rings. The van der Waals surface area contributed by atoms with Crippen molar-refractivity contribution in [3.8, 4) is 0 Å². The third-order valence-corrected chi connectivity index (χ3v) is 9.62. The van der Waals surface area contributed by atoms with E-state index in [0.29, 0.717) is 16.4 Å². The number of rotatable bonds is 3. The molecule has 1 rings (SSSR count). The van der Waals surface area contributed by atoms with Crippen molar-refractivity contribution in [1.29, 1.82) is 0 Å². The van der Waals surface area contributed by atoms with Gasteiger partial charge < -0.3 is 4.43 Å². The largest absolute Gasteiger partial charge is 0.417 e. The Bertz CT molecular complexity index is 307. The highest BCUT2D eigenvalue weighted by Crippen LogP contribution is 2.51. The summed E-state index contributed by atoms with van der Waals surface area (Å²) in [6.07, 6.45) is 3.51. The van der Waals surface area contributed by atoms with E-state index in [4.69, 9.17) is 4.43 Å². The van der Waals surface area contributed by atoms with E-state index in [-0.39, 0.29) is 0 Å². The van der Waals surface area contributed by atoms with Gasteiger partial charge in [-0.3, -0.25) is 0 Å². The predicted molar refractivity (Wildman–Crippen MR) is 78.8 cm³/mol. The fourth-order valence-electron chi connectivity index (χ4n) is 2.20. The van der Waals surface area contributed by atoms with Crippen LogP contribution < -0.4 is 0 Å². The first-order valence-corrected chi connectivity index (χ1v) is 9.73. The smallest absolute Gasteiger partial charge is 0.191 e. The van der Waals surface area contributed by atoms with Crippen LogP contribution in [0.1, 0.15) is 48.0 Å². The minimum Gasteiger partial charge on any atom is -0.417 e. The first-order chi connectivity index (χ1) is 7.52. The van der Waals surface area contributed by atoms with Crippen LogP contribution in [0.15, 0.2) is 11.6 Å².